The van der Waals surface area contributed by atoms with Crippen LogP contribution in [0.2, 0.25) is 0 Å². The minimum atomic E-state index is -0.585. The molecule has 3 aromatic rings. The lowest BCUT2D eigenvalue weighted by Gasteiger charge is -2.09. The van der Waals surface area contributed by atoms with Gasteiger partial charge in [-0.1, -0.05) is 38.1 Å². The van der Waals surface area contributed by atoms with Crippen molar-refractivity contribution in [1.29, 1.82) is 0 Å². The van der Waals surface area contributed by atoms with Crippen LogP contribution >= 0.6 is 11.3 Å². The molecule has 2 aromatic heterocycles. The quantitative estimate of drug-likeness (QED) is 0.585. The minimum absolute atomic E-state index is 0.282. The lowest BCUT2D eigenvalue weighted by Crippen LogP contribution is -2.30. The fourth-order valence-electron chi connectivity index (χ4n) is 2.59. The van der Waals surface area contributed by atoms with Gasteiger partial charge >= 0.3 is 5.97 Å². The average molecular weight is 398 g/mol. The van der Waals surface area contributed by atoms with E-state index >= 15 is 0 Å². The Morgan fingerprint density at radius 3 is 2.64 bits per heavy atom. The van der Waals surface area contributed by atoms with Crippen LogP contribution in [0.15, 0.2) is 53.9 Å². The SMILES string of the molecule is CC(C)CCNC(=O)COC(=O)c1cc(-c2cccs2)nn1-c1ccccc1. The summed E-state index contributed by atoms with van der Waals surface area (Å²) in [5, 5.41) is 9.28. The van der Waals surface area contributed by atoms with Crippen molar-refractivity contribution in [2.45, 2.75) is 20.3 Å². The topological polar surface area (TPSA) is 73.2 Å². The van der Waals surface area contributed by atoms with Crippen molar-refractivity contribution < 1.29 is 14.3 Å². The van der Waals surface area contributed by atoms with Gasteiger partial charge in [0.1, 0.15) is 5.69 Å². The van der Waals surface area contributed by atoms with E-state index in [1.165, 1.54) is 0 Å². The maximum Gasteiger partial charge on any atom is 0.357 e. The lowest BCUT2D eigenvalue weighted by molar-refractivity contribution is -0.124. The van der Waals surface area contributed by atoms with Gasteiger partial charge in [0.25, 0.3) is 5.91 Å². The number of thiophene rings is 1. The van der Waals surface area contributed by atoms with E-state index in [9.17, 15) is 9.59 Å². The zero-order valence-electron chi connectivity index (χ0n) is 15.9. The van der Waals surface area contributed by atoms with E-state index in [0.717, 1.165) is 17.0 Å². The Morgan fingerprint density at radius 1 is 1.18 bits per heavy atom. The highest BCUT2D eigenvalue weighted by Crippen LogP contribution is 2.26. The van der Waals surface area contributed by atoms with Gasteiger partial charge in [0.2, 0.25) is 0 Å². The number of para-hydroxylation sites is 1. The highest BCUT2D eigenvalue weighted by atomic mass is 32.1. The Hall–Kier alpha value is -2.93. The molecule has 28 heavy (non-hydrogen) atoms. The van der Waals surface area contributed by atoms with Crippen LogP contribution in [0.25, 0.3) is 16.3 Å². The van der Waals surface area contributed by atoms with Crippen molar-refractivity contribution in [2.24, 2.45) is 5.92 Å². The fraction of sp³-hybridized carbons (Fsp3) is 0.286. The first kappa shape index (κ1) is 19.8. The molecule has 7 heteroatoms. The Kier molecular flexibility index (Phi) is 6.60. The summed E-state index contributed by atoms with van der Waals surface area (Å²) in [7, 11) is 0. The van der Waals surface area contributed by atoms with Gasteiger partial charge in [0, 0.05) is 12.6 Å². The average Bonchev–Trinajstić information content (AvgIpc) is 3.36. The number of amides is 1. The highest BCUT2D eigenvalue weighted by Gasteiger charge is 2.20. The molecular weight excluding hydrogens is 374 g/mol. The summed E-state index contributed by atoms with van der Waals surface area (Å²) in [6.07, 6.45) is 0.880. The van der Waals surface area contributed by atoms with Gasteiger partial charge in [-0.25, -0.2) is 9.48 Å². The van der Waals surface area contributed by atoms with Crippen LogP contribution in [0.5, 0.6) is 0 Å². The third-order valence-electron chi connectivity index (χ3n) is 4.07. The number of ether oxygens (including phenoxy) is 1. The molecule has 3 rings (SSSR count). The van der Waals surface area contributed by atoms with Crippen LogP contribution < -0.4 is 5.32 Å². The van der Waals surface area contributed by atoms with Gasteiger partial charge in [-0.2, -0.15) is 5.10 Å². The summed E-state index contributed by atoms with van der Waals surface area (Å²) in [6.45, 7) is 4.42. The number of aromatic nitrogens is 2. The van der Waals surface area contributed by atoms with Gasteiger partial charge in [-0.05, 0) is 35.9 Å². The largest absolute Gasteiger partial charge is 0.451 e. The maximum absolute atomic E-state index is 12.6. The van der Waals surface area contributed by atoms with Crippen LogP contribution in [0.3, 0.4) is 0 Å². The third-order valence-corrected chi connectivity index (χ3v) is 4.96. The Balaban J connectivity index is 1.74. The van der Waals surface area contributed by atoms with E-state index in [4.69, 9.17) is 4.74 Å². The number of hydrogen-bond donors (Lipinski definition) is 1. The predicted octanol–water partition coefficient (Wildman–Crippen LogP) is 3.92. The van der Waals surface area contributed by atoms with E-state index in [0.29, 0.717) is 18.2 Å². The van der Waals surface area contributed by atoms with Crippen LogP contribution in [0.1, 0.15) is 30.8 Å². The molecule has 0 aliphatic carbocycles. The van der Waals surface area contributed by atoms with E-state index in [1.54, 1.807) is 22.1 Å². The van der Waals surface area contributed by atoms with Crippen molar-refractivity contribution in [1.82, 2.24) is 15.1 Å². The second-order valence-corrected chi connectivity index (χ2v) is 7.70. The van der Waals surface area contributed by atoms with Crippen LogP contribution in [-0.4, -0.2) is 34.8 Å². The molecule has 1 aromatic carbocycles. The molecule has 0 saturated carbocycles. The molecule has 0 aliphatic heterocycles. The summed E-state index contributed by atoms with van der Waals surface area (Å²) in [5.41, 5.74) is 1.72. The van der Waals surface area contributed by atoms with Gasteiger partial charge in [-0.15, -0.1) is 11.3 Å². The lowest BCUT2D eigenvalue weighted by atomic mass is 10.1. The highest BCUT2D eigenvalue weighted by molar-refractivity contribution is 7.13. The van der Waals surface area contributed by atoms with Crippen molar-refractivity contribution >= 4 is 23.2 Å². The number of esters is 1. The number of carbonyl (C=O) groups excluding carboxylic acids is 2. The van der Waals surface area contributed by atoms with Crippen molar-refractivity contribution in [3.8, 4) is 16.3 Å². The summed E-state index contributed by atoms with van der Waals surface area (Å²) in [6, 6.07) is 14.9. The molecule has 0 bridgehead atoms. The first-order valence-electron chi connectivity index (χ1n) is 9.18. The predicted molar refractivity (Wildman–Crippen MR) is 110 cm³/mol. The van der Waals surface area contributed by atoms with Crippen molar-refractivity contribution in [3.63, 3.8) is 0 Å². The molecule has 0 atom stereocenters. The molecule has 0 saturated heterocycles. The summed E-state index contributed by atoms with van der Waals surface area (Å²) in [5.74, 6) is -0.393. The number of benzene rings is 1. The molecule has 0 aliphatic rings. The zero-order valence-corrected chi connectivity index (χ0v) is 16.7. The molecular formula is C21H23N3O3S. The molecule has 0 fully saturated rings. The first-order valence-corrected chi connectivity index (χ1v) is 10.1. The monoisotopic (exact) mass is 397 g/mol. The molecule has 6 nitrogen and oxygen atoms in total. The molecule has 1 N–H and O–H groups in total. The Bertz CT molecular complexity index is 918. The number of nitrogens with one attached hydrogen (secondary N) is 1. The minimum Gasteiger partial charge on any atom is -0.451 e. The van der Waals surface area contributed by atoms with E-state index in [-0.39, 0.29) is 18.2 Å². The molecule has 0 spiro atoms. The van der Waals surface area contributed by atoms with Crippen molar-refractivity contribution in [3.05, 3.63) is 59.6 Å². The van der Waals surface area contributed by atoms with E-state index < -0.39 is 5.97 Å². The van der Waals surface area contributed by atoms with E-state index in [2.05, 4.69) is 24.3 Å². The first-order chi connectivity index (χ1) is 13.5. The van der Waals surface area contributed by atoms with Gasteiger partial charge in [-0.3, -0.25) is 4.79 Å². The maximum atomic E-state index is 12.6. The van der Waals surface area contributed by atoms with Crippen LogP contribution in [0, 0.1) is 5.92 Å². The molecule has 0 radical (unpaired) electrons. The fourth-order valence-corrected chi connectivity index (χ4v) is 3.27. The molecule has 2 heterocycles. The normalized spacial score (nSPS) is 10.8. The summed E-state index contributed by atoms with van der Waals surface area (Å²) < 4.78 is 6.78. The summed E-state index contributed by atoms with van der Waals surface area (Å²) >= 11 is 1.54. The summed E-state index contributed by atoms with van der Waals surface area (Å²) in [4.78, 5) is 25.5. The van der Waals surface area contributed by atoms with Gasteiger partial charge in [0.15, 0.2) is 12.3 Å². The zero-order chi connectivity index (χ0) is 19.9. The standard InChI is InChI=1S/C21H23N3O3S/c1-15(2)10-11-22-20(25)14-27-21(26)18-13-17(19-9-6-12-28-19)23-24(18)16-7-4-3-5-8-16/h3-9,12-13,15H,10-11,14H2,1-2H3,(H,22,25). The second kappa shape index (κ2) is 9.32. The van der Waals surface area contributed by atoms with Crippen LogP contribution in [0.4, 0.5) is 0 Å². The van der Waals surface area contributed by atoms with Crippen LogP contribution in [-0.2, 0) is 9.53 Å². The smallest absolute Gasteiger partial charge is 0.357 e. The van der Waals surface area contributed by atoms with Gasteiger partial charge in [0.05, 0.1) is 10.6 Å². The van der Waals surface area contributed by atoms with Crippen molar-refractivity contribution in [2.75, 3.05) is 13.2 Å². The Labute approximate surface area is 168 Å². The molecule has 0 unspecified atom stereocenters. The number of carbonyl (C=O) groups is 2. The number of nitrogens with zero attached hydrogens (tertiary/aromatic N) is 2. The van der Waals surface area contributed by atoms with Gasteiger partial charge < -0.3 is 10.1 Å². The molecule has 146 valence electrons. The van der Waals surface area contributed by atoms with E-state index in [1.807, 2.05) is 47.8 Å². The Morgan fingerprint density at radius 2 is 1.96 bits per heavy atom. The second-order valence-electron chi connectivity index (χ2n) is 6.75. The number of hydrogen-bond acceptors (Lipinski definition) is 5. The number of rotatable bonds is 8. The third kappa shape index (κ3) is 5.07. The molecule has 1 amide bonds.